The van der Waals surface area contributed by atoms with Crippen molar-refractivity contribution in [3.8, 4) is 28.7 Å². The summed E-state index contributed by atoms with van der Waals surface area (Å²) in [4.78, 5) is 20.6. The summed E-state index contributed by atoms with van der Waals surface area (Å²) in [7, 11) is 0. The van der Waals surface area contributed by atoms with E-state index in [1.54, 1.807) is 18.5 Å². The van der Waals surface area contributed by atoms with Crippen molar-refractivity contribution in [1.29, 1.82) is 0 Å². The van der Waals surface area contributed by atoms with Crippen molar-refractivity contribution in [3.63, 3.8) is 0 Å². The van der Waals surface area contributed by atoms with Crippen LogP contribution < -0.4 is 5.73 Å². The summed E-state index contributed by atoms with van der Waals surface area (Å²) in [5.74, 6) is -1.61. The van der Waals surface area contributed by atoms with Crippen LogP contribution in [-0.4, -0.2) is 45.4 Å². The molecule has 10 nitrogen and oxygen atoms in total. The van der Waals surface area contributed by atoms with Crippen molar-refractivity contribution in [2.24, 2.45) is 5.73 Å². The summed E-state index contributed by atoms with van der Waals surface area (Å²) in [6.07, 6.45) is 3.64. The molecule has 0 aliphatic carbocycles. The first-order valence-corrected chi connectivity index (χ1v) is 10.5. The van der Waals surface area contributed by atoms with Gasteiger partial charge in [0.15, 0.2) is 17.4 Å². The molecule has 4 aromatic heterocycles. The number of primary amides is 1. The number of carbonyl (C=O) groups excluding carboxylic acids is 1. The smallest absolute Gasteiger partial charge is 0.268 e. The zero-order valence-corrected chi connectivity index (χ0v) is 18.4. The number of nitrogens with zero attached hydrogens (tertiary/aromatic N) is 6. The number of nitrogens with two attached hydrogens (primary N) is 1. The molecule has 0 bridgehead atoms. The van der Waals surface area contributed by atoms with Gasteiger partial charge in [-0.1, -0.05) is 30.3 Å². The Kier molecular flexibility index (Phi) is 5.08. The molecule has 0 aliphatic rings. The third-order valence-corrected chi connectivity index (χ3v) is 5.61. The van der Waals surface area contributed by atoms with Gasteiger partial charge in [0, 0.05) is 12.7 Å². The van der Waals surface area contributed by atoms with Crippen molar-refractivity contribution >= 4 is 11.4 Å². The van der Waals surface area contributed by atoms with Gasteiger partial charge in [0.2, 0.25) is 5.82 Å². The number of nitrogens with one attached hydrogen (secondary N) is 1. The number of fused-ring (bicyclic) bond motifs is 1. The van der Waals surface area contributed by atoms with E-state index in [1.165, 1.54) is 16.8 Å². The first kappa shape index (κ1) is 21.3. The standard InChI is InChI=1S/C23H21FN8O2/c1-12-11-31-15(10-26-12)16(17(24)18(31)21(25)34)22-27-23(29-28-22)19-20(33)13(2)30-32(19)9-8-14-6-4-3-5-7-14/h3-7,10-11,33H,8-9H2,1-2H3,(H2,25,34)(H,27,28,29). The Morgan fingerprint density at radius 3 is 2.74 bits per heavy atom. The summed E-state index contributed by atoms with van der Waals surface area (Å²) in [5.41, 5.74) is 7.86. The molecule has 4 N–H and O–H groups in total. The molecule has 1 amide bonds. The maximum Gasteiger partial charge on any atom is 0.268 e. The highest BCUT2D eigenvalue weighted by molar-refractivity contribution is 5.97. The topological polar surface area (TPSA) is 140 Å². The predicted octanol–water partition coefficient (Wildman–Crippen LogP) is 2.79. The number of H-pyrrole nitrogens is 1. The molecule has 0 fully saturated rings. The van der Waals surface area contributed by atoms with Gasteiger partial charge in [-0.3, -0.25) is 19.6 Å². The molecule has 0 spiro atoms. The SMILES string of the molecule is Cc1cn2c(C(N)=O)c(F)c(-c3nc(-c4c(O)c(C)nn4CCc4ccccc4)n[nH]3)c2cn1. The van der Waals surface area contributed by atoms with Crippen LogP contribution in [0.5, 0.6) is 5.75 Å². The Hall–Kier alpha value is -4.54. The van der Waals surface area contributed by atoms with Gasteiger partial charge in [0.1, 0.15) is 17.1 Å². The molecule has 0 saturated heterocycles. The highest BCUT2D eigenvalue weighted by Crippen LogP contribution is 2.34. The fraction of sp³-hybridized carbons (Fsp3) is 0.174. The van der Waals surface area contributed by atoms with E-state index in [0.29, 0.717) is 35.6 Å². The van der Waals surface area contributed by atoms with E-state index < -0.39 is 11.7 Å². The summed E-state index contributed by atoms with van der Waals surface area (Å²) >= 11 is 0. The Labute approximate surface area is 192 Å². The number of halogens is 1. The first-order chi connectivity index (χ1) is 16.3. The Bertz CT molecular complexity index is 1530. The number of amides is 1. The van der Waals surface area contributed by atoms with Crippen molar-refractivity contribution < 1.29 is 14.3 Å². The van der Waals surface area contributed by atoms with E-state index >= 15 is 4.39 Å². The third-order valence-electron chi connectivity index (χ3n) is 5.61. The zero-order valence-electron chi connectivity index (χ0n) is 18.4. The number of hydrogen-bond donors (Lipinski definition) is 3. The third kappa shape index (κ3) is 3.47. The Morgan fingerprint density at radius 1 is 1.24 bits per heavy atom. The number of benzene rings is 1. The monoisotopic (exact) mass is 460 g/mol. The number of aromatic amines is 1. The lowest BCUT2D eigenvalue weighted by Crippen LogP contribution is -2.15. The van der Waals surface area contributed by atoms with Gasteiger partial charge in [-0.05, 0) is 25.8 Å². The van der Waals surface area contributed by atoms with Crippen molar-refractivity contribution in [3.05, 3.63) is 71.2 Å². The summed E-state index contributed by atoms with van der Waals surface area (Å²) in [5, 5.41) is 22.0. The second-order valence-corrected chi connectivity index (χ2v) is 7.93. The van der Waals surface area contributed by atoms with Crippen LogP contribution in [0, 0.1) is 19.7 Å². The first-order valence-electron chi connectivity index (χ1n) is 10.5. The molecule has 11 heteroatoms. The molecule has 0 unspecified atom stereocenters. The molecular formula is C23H21FN8O2. The minimum absolute atomic E-state index is 0.00612. The fourth-order valence-electron chi connectivity index (χ4n) is 3.99. The summed E-state index contributed by atoms with van der Waals surface area (Å²) < 4.78 is 18.3. The number of carbonyl (C=O) groups is 1. The Balaban J connectivity index is 1.58. The van der Waals surface area contributed by atoms with Crippen LogP contribution in [-0.2, 0) is 13.0 Å². The van der Waals surface area contributed by atoms with Gasteiger partial charge in [-0.25, -0.2) is 9.37 Å². The van der Waals surface area contributed by atoms with Crippen LogP contribution in [0.1, 0.15) is 27.4 Å². The summed E-state index contributed by atoms with van der Waals surface area (Å²) in [6.45, 7) is 3.87. The van der Waals surface area contributed by atoms with E-state index in [2.05, 4.69) is 25.3 Å². The molecular weight excluding hydrogens is 439 g/mol. The molecule has 5 aromatic rings. The van der Waals surface area contributed by atoms with Crippen LogP contribution in [0.3, 0.4) is 0 Å². The molecule has 0 radical (unpaired) electrons. The fourth-order valence-corrected chi connectivity index (χ4v) is 3.99. The molecule has 0 saturated carbocycles. The maximum absolute atomic E-state index is 15.3. The van der Waals surface area contributed by atoms with E-state index in [-0.39, 0.29) is 28.7 Å². The van der Waals surface area contributed by atoms with Gasteiger partial charge < -0.3 is 15.2 Å². The van der Waals surface area contributed by atoms with Gasteiger partial charge in [0.05, 0.1) is 23.0 Å². The highest BCUT2D eigenvalue weighted by Gasteiger charge is 2.27. The van der Waals surface area contributed by atoms with Crippen molar-refractivity contribution in [2.45, 2.75) is 26.8 Å². The number of aromatic nitrogens is 7. The largest absolute Gasteiger partial charge is 0.504 e. The second-order valence-electron chi connectivity index (χ2n) is 7.93. The predicted molar refractivity (Wildman–Crippen MR) is 122 cm³/mol. The zero-order chi connectivity index (χ0) is 24.0. The highest BCUT2D eigenvalue weighted by atomic mass is 19.1. The van der Waals surface area contributed by atoms with E-state index in [4.69, 9.17) is 5.73 Å². The van der Waals surface area contributed by atoms with Crippen LogP contribution in [0.25, 0.3) is 28.4 Å². The van der Waals surface area contributed by atoms with Crippen LogP contribution in [0.2, 0.25) is 0 Å². The van der Waals surface area contributed by atoms with E-state index in [0.717, 1.165) is 5.56 Å². The molecule has 0 aliphatic heterocycles. The Morgan fingerprint density at radius 2 is 2.00 bits per heavy atom. The lowest BCUT2D eigenvalue weighted by Gasteiger charge is -2.05. The molecule has 0 atom stereocenters. The minimum Gasteiger partial charge on any atom is -0.504 e. The molecule has 5 rings (SSSR count). The van der Waals surface area contributed by atoms with E-state index in [1.807, 2.05) is 30.3 Å². The number of aryl methyl sites for hydroxylation is 4. The maximum atomic E-state index is 15.3. The molecule has 172 valence electrons. The van der Waals surface area contributed by atoms with Crippen LogP contribution in [0.4, 0.5) is 4.39 Å². The lowest BCUT2D eigenvalue weighted by atomic mass is 10.1. The van der Waals surface area contributed by atoms with Crippen LogP contribution >= 0.6 is 0 Å². The van der Waals surface area contributed by atoms with Gasteiger partial charge in [-0.15, -0.1) is 0 Å². The minimum atomic E-state index is -0.920. The van der Waals surface area contributed by atoms with Crippen molar-refractivity contribution in [1.82, 2.24) is 34.3 Å². The number of aromatic hydroxyl groups is 1. The molecule has 4 heterocycles. The molecule has 1 aromatic carbocycles. The quantitative estimate of drug-likeness (QED) is 0.356. The van der Waals surface area contributed by atoms with Gasteiger partial charge in [0.25, 0.3) is 5.91 Å². The average molecular weight is 460 g/mol. The summed E-state index contributed by atoms with van der Waals surface area (Å²) in [6, 6.07) is 9.87. The van der Waals surface area contributed by atoms with Crippen LogP contribution in [0.15, 0.2) is 42.7 Å². The lowest BCUT2D eigenvalue weighted by molar-refractivity contribution is 0.0991. The molecule has 34 heavy (non-hydrogen) atoms. The van der Waals surface area contributed by atoms with Crippen molar-refractivity contribution in [2.75, 3.05) is 0 Å². The number of rotatable bonds is 6. The second kappa shape index (κ2) is 8.10. The average Bonchev–Trinajstić information content (AvgIpc) is 3.46. The van der Waals surface area contributed by atoms with Gasteiger partial charge in [-0.2, -0.15) is 10.2 Å². The van der Waals surface area contributed by atoms with Gasteiger partial charge >= 0.3 is 0 Å². The number of hydrogen-bond acceptors (Lipinski definition) is 6. The van der Waals surface area contributed by atoms with E-state index in [9.17, 15) is 9.90 Å². The normalized spacial score (nSPS) is 11.4.